The van der Waals surface area contributed by atoms with E-state index in [1.165, 1.54) is 5.56 Å². The SMILES string of the molecule is CCC(C)n1ccc(CNCc2ccc(C)nc2)n1. The highest BCUT2D eigenvalue weighted by Gasteiger charge is 2.04. The molecule has 0 saturated carbocycles. The van der Waals surface area contributed by atoms with Crippen LogP contribution in [0, 0.1) is 6.92 Å². The first-order valence-electron chi connectivity index (χ1n) is 6.85. The second-order valence-corrected chi connectivity index (χ2v) is 4.96. The number of aryl methyl sites for hydroxylation is 1. The fourth-order valence-electron chi connectivity index (χ4n) is 1.84. The normalized spacial score (nSPS) is 12.6. The fourth-order valence-corrected chi connectivity index (χ4v) is 1.84. The van der Waals surface area contributed by atoms with Crippen LogP contribution in [0.4, 0.5) is 0 Å². The van der Waals surface area contributed by atoms with Crippen LogP contribution in [0.15, 0.2) is 30.6 Å². The molecule has 0 bridgehead atoms. The Hall–Kier alpha value is -1.68. The monoisotopic (exact) mass is 258 g/mol. The van der Waals surface area contributed by atoms with E-state index in [-0.39, 0.29) is 0 Å². The Morgan fingerprint density at radius 3 is 2.79 bits per heavy atom. The van der Waals surface area contributed by atoms with Crippen LogP contribution in [-0.2, 0) is 13.1 Å². The van der Waals surface area contributed by atoms with Crippen LogP contribution < -0.4 is 5.32 Å². The molecule has 19 heavy (non-hydrogen) atoms. The van der Waals surface area contributed by atoms with Crippen LogP contribution in [0.1, 0.15) is 43.3 Å². The van der Waals surface area contributed by atoms with Gasteiger partial charge >= 0.3 is 0 Å². The van der Waals surface area contributed by atoms with Gasteiger partial charge in [-0.2, -0.15) is 5.10 Å². The summed E-state index contributed by atoms with van der Waals surface area (Å²) < 4.78 is 2.03. The molecule has 1 atom stereocenters. The maximum absolute atomic E-state index is 4.56. The molecular formula is C15H22N4. The Morgan fingerprint density at radius 1 is 1.26 bits per heavy atom. The highest BCUT2D eigenvalue weighted by atomic mass is 15.3. The lowest BCUT2D eigenvalue weighted by molar-refractivity contribution is 0.471. The number of nitrogens with zero attached hydrogens (tertiary/aromatic N) is 3. The van der Waals surface area contributed by atoms with Crippen LogP contribution >= 0.6 is 0 Å². The first-order valence-corrected chi connectivity index (χ1v) is 6.85. The summed E-state index contributed by atoms with van der Waals surface area (Å²) in [6, 6.07) is 6.68. The van der Waals surface area contributed by atoms with Crippen molar-refractivity contribution in [1.29, 1.82) is 0 Å². The third-order valence-corrected chi connectivity index (χ3v) is 3.31. The van der Waals surface area contributed by atoms with Crippen LogP contribution in [0.2, 0.25) is 0 Å². The number of aromatic nitrogens is 3. The minimum atomic E-state index is 0.468. The average Bonchev–Trinajstić information content (AvgIpc) is 2.89. The van der Waals surface area contributed by atoms with Gasteiger partial charge in [-0.1, -0.05) is 13.0 Å². The smallest absolute Gasteiger partial charge is 0.0762 e. The molecule has 2 rings (SSSR count). The van der Waals surface area contributed by atoms with Gasteiger partial charge in [0.05, 0.1) is 5.69 Å². The Labute approximate surface area is 114 Å². The van der Waals surface area contributed by atoms with Crippen molar-refractivity contribution in [2.75, 3.05) is 0 Å². The van der Waals surface area contributed by atoms with Crippen molar-refractivity contribution in [1.82, 2.24) is 20.1 Å². The maximum Gasteiger partial charge on any atom is 0.0762 e. The van der Waals surface area contributed by atoms with E-state index < -0.39 is 0 Å². The van der Waals surface area contributed by atoms with Crippen LogP contribution in [-0.4, -0.2) is 14.8 Å². The summed E-state index contributed by atoms with van der Waals surface area (Å²) in [6.07, 6.45) is 5.07. The van der Waals surface area contributed by atoms with Crippen molar-refractivity contribution < 1.29 is 0 Å². The van der Waals surface area contributed by atoms with E-state index >= 15 is 0 Å². The Kier molecular flexibility index (Phi) is 4.68. The van der Waals surface area contributed by atoms with Crippen molar-refractivity contribution in [3.05, 3.63) is 47.5 Å². The minimum Gasteiger partial charge on any atom is -0.307 e. The Balaban J connectivity index is 1.82. The molecule has 1 unspecified atom stereocenters. The van der Waals surface area contributed by atoms with Gasteiger partial charge in [0.25, 0.3) is 0 Å². The second-order valence-electron chi connectivity index (χ2n) is 4.96. The van der Waals surface area contributed by atoms with Crippen molar-refractivity contribution >= 4 is 0 Å². The lowest BCUT2D eigenvalue weighted by Crippen LogP contribution is -2.14. The molecule has 0 radical (unpaired) electrons. The molecule has 2 heterocycles. The van der Waals surface area contributed by atoms with Crippen molar-refractivity contribution in [2.24, 2.45) is 0 Å². The van der Waals surface area contributed by atoms with Gasteiger partial charge in [-0.3, -0.25) is 9.67 Å². The van der Waals surface area contributed by atoms with E-state index in [9.17, 15) is 0 Å². The largest absolute Gasteiger partial charge is 0.307 e. The summed E-state index contributed by atoms with van der Waals surface area (Å²) in [4.78, 5) is 4.28. The summed E-state index contributed by atoms with van der Waals surface area (Å²) in [5, 5.41) is 7.96. The molecule has 0 aliphatic heterocycles. The van der Waals surface area contributed by atoms with Gasteiger partial charge in [0.15, 0.2) is 0 Å². The fraction of sp³-hybridized carbons (Fsp3) is 0.467. The summed E-state index contributed by atoms with van der Waals surface area (Å²) in [5.41, 5.74) is 3.34. The highest BCUT2D eigenvalue weighted by Crippen LogP contribution is 2.09. The quantitative estimate of drug-likeness (QED) is 0.866. The van der Waals surface area contributed by atoms with Gasteiger partial charge in [-0.15, -0.1) is 0 Å². The molecule has 0 saturated heterocycles. The zero-order valence-corrected chi connectivity index (χ0v) is 11.9. The standard InChI is InChI=1S/C15H22N4/c1-4-13(3)19-8-7-15(18-19)11-16-9-14-6-5-12(2)17-10-14/h5-8,10,13,16H,4,9,11H2,1-3H3. The molecule has 0 aliphatic carbocycles. The van der Waals surface area contributed by atoms with Crippen molar-refractivity contribution in [3.8, 4) is 0 Å². The molecule has 1 N–H and O–H groups in total. The van der Waals surface area contributed by atoms with E-state index in [4.69, 9.17) is 0 Å². The van der Waals surface area contributed by atoms with E-state index in [1.807, 2.05) is 23.9 Å². The lowest BCUT2D eigenvalue weighted by Gasteiger charge is -2.08. The lowest BCUT2D eigenvalue weighted by atomic mass is 10.2. The van der Waals surface area contributed by atoms with Gasteiger partial charge in [-0.25, -0.2) is 0 Å². The van der Waals surface area contributed by atoms with Gasteiger partial charge in [0.1, 0.15) is 0 Å². The molecule has 0 aromatic carbocycles. The molecule has 0 amide bonds. The first kappa shape index (κ1) is 13.7. The predicted molar refractivity (Wildman–Crippen MR) is 76.7 cm³/mol. The molecule has 2 aromatic rings. The number of pyridine rings is 1. The molecule has 0 spiro atoms. The maximum atomic E-state index is 4.56. The number of hydrogen-bond donors (Lipinski definition) is 1. The predicted octanol–water partition coefficient (Wildman–Crippen LogP) is 2.85. The third kappa shape index (κ3) is 3.89. The molecule has 4 heteroatoms. The Bertz CT molecular complexity index is 501. The van der Waals surface area contributed by atoms with Gasteiger partial charge in [0, 0.05) is 37.2 Å². The van der Waals surface area contributed by atoms with Crippen LogP contribution in [0.25, 0.3) is 0 Å². The topological polar surface area (TPSA) is 42.7 Å². The minimum absolute atomic E-state index is 0.468. The van der Waals surface area contributed by atoms with Gasteiger partial charge in [-0.05, 0) is 38.0 Å². The average molecular weight is 258 g/mol. The molecular weight excluding hydrogens is 236 g/mol. The van der Waals surface area contributed by atoms with E-state index in [1.54, 1.807) is 0 Å². The highest BCUT2D eigenvalue weighted by molar-refractivity contribution is 5.13. The molecule has 2 aromatic heterocycles. The van der Waals surface area contributed by atoms with Crippen LogP contribution in [0.5, 0.6) is 0 Å². The second kappa shape index (κ2) is 6.48. The first-order chi connectivity index (χ1) is 9.19. The van der Waals surface area contributed by atoms with Gasteiger partial charge in [0.2, 0.25) is 0 Å². The number of rotatable bonds is 6. The van der Waals surface area contributed by atoms with E-state index in [0.29, 0.717) is 6.04 Å². The molecule has 0 aliphatic rings. The molecule has 0 fully saturated rings. The van der Waals surface area contributed by atoms with Crippen molar-refractivity contribution in [2.45, 2.75) is 46.3 Å². The van der Waals surface area contributed by atoms with Crippen LogP contribution in [0.3, 0.4) is 0 Å². The molecule has 4 nitrogen and oxygen atoms in total. The zero-order valence-electron chi connectivity index (χ0n) is 11.9. The van der Waals surface area contributed by atoms with E-state index in [0.717, 1.165) is 30.9 Å². The third-order valence-electron chi connectivity index (χ3n) is 3.31. The van der Waals surface area contributed by atoms with Gasteiger partial charge < -0.3 is 5.32 Å². The summed E-state index contributed by atoms with van der Waals surface area (Å²) in [6.45, 7) is 7.97. The van der Waals surface area contributed by atoms with Crippen molar-refractivity contribution in [3.63, 3.8) is 0 Å². The Morgan fingerprint density at radius 2 is 2.11 bits per heavy atom. The summed E-state index contributed by atoms with van der Waals surface area (Å²) in [7, 11) is 0. The number of hydrogen-bond acceptors (Lipinski definition) is 3. The van der Waals surface area contributed by atoms with E-state index in [2.05, 4.69) is 47.6 Å². The molecule has 102 valence electrons. The zero-order chi connectivity index (χ0) is 13.7. The summed E-state index contributed by atoms with van der Waals surface area (Å²) in [5.74, 6) is 0. The summed E-state index contributed by atoms with van der Waals surface area (Å²) >= 11 is 0. The number of nitrogens with one attached hydrogen (secondary N) is 1.